The third-order valence-corrected chi connectivity index (χ3v) is 6.07. The first-order valence-corrected chi connectivity index (χ1v) is 11.1. The average Bonchev–Trinajstić information content (AvgIpc) is 3.36. The molecule has 1 fully saturated rings. The number of carbonyl (C=O) groups is 3. The van der Waals surface area contributed by atoms with Crippen LogP contribution in [0.15, 0.2) is 30.3 Å². The van der Waals surface area contributed by atoms with Crippen molar-refractivity contribution in [1.82, 2.24) is 26.4 Å². The van der Waals surface area contributed by atoms with Gasteiger partial charge in [-0.2, -0.15) is 0 Å². The third-order valence-electron chi connectivity index (χ3n) is 4.86. The van der Waals surface area contributed by atoms with Gasteiger partial charge < -0.3 is 10.6 Å². The molecule has 3 rings (SSSR count). The molecule has 2 aromatic rings. The summed E-state index contributed by atoms with van der Waals surface area (Å²) in [7, 11) is 0. The van der Waals surface area contributed by atoms with Crippen LogP contribution in [-0.4, -0.2) is 33.0 Å². The number of hydrogen-bond donors (Lipinski definition) is 4. The van der Waals surface area contributed by atoms with Gasteiger partial charge in [-0.3, -0.25) is 25.2 Å². The van der Waals surface area contributed by atoms with Crippen molar-refractivity contribution in [2.75, 3.05) is 5.32 Å². The average molecular weight is 461 g/mol. The highest BCUT2D eigenvalue weighted by Crippen LogP contribution is 2.41. The molecule has 9 nitrogen and oxygen atoms in total. The molecule has 1 saturated carbocycles. The number of amides is 3. The summed E-state index contributed by atoms with van der Waals surface area (Å²) in [5.74, 6) is -0.163. The lowest BCUT2D eigenvalue weighted by atomic mass is 10.0. The van der Waals surface area contributed by atoms with Crippen molar-refractivity contribution >= 4 is 51.5 Å². The maximum absolute atomic E-state index is 12.2. The van der Waals surface area contributed by atoms with Crippen LogP contribution in [0.2, 0.25) is 0 Å². The molecule has 0 bridgehead atoms. The first-order chi connectivity index (χ1) is 14.9. The number of hydrazine groups is 1. The van der Waals surface area contributed by atoms with Crippen LogP contribution >= 0.6 is 23.6 Å². The summed E-state index contributed by atoms with van der Waals surface area (Å²) in [6.07, 6.45) is 3.22. The fourth-order valence-electron chi connectivity index (χ4n) is 3.51. The van der Waals surface area contributed by atoms with Crippen molar-refractivity contribution in [2.24, 2.45) is 5.92 Å². The number of nitrogens with zero attached hydrogens (tertiary/aromatic N) is 2. The molecular formula is C20H24N6O3S2. The van der Waals surface area contributed by atoms with Crippen LogP contribution in [-0.2, 0) is 20.8 Å². The van der Waals surface area contributed by atoms with Crippen LogP contribution in [0.5, 0.6) is 0 Å². The number of anilines is 1. The van der Waals surface area contributed by atoms with E-state index in [9.17, 15) is 14.4 Å². The molecule has 2 atom stereocenters. The van der Waals surface area contributed by atoms with E-state index in [-0.39, 0.29) is 41.1 Å². The van der Waals surface area contributed by atoms with E-state index in [4.69, 9.17) is 12.2 Å². The molecule has 1 aromatic heterocycles. The van der Waals surface area contributed by atoms with E-state index in [1.165, 1.54) is 18.3 Å². The molecule has 0 saturated heterocycles. The van der Waals surface area contributed by atoms with Gasteiger partial charge in [0.15, 0.2) is 5.11 Å². The minimum absolute atomic E-state index is 0.0536. The summed E-state index contributed by atoms with van der Waals surface area (Å²) in [6, 6.07) is 9.32. The number of hydrogen-bond acceptors (Lipinski definition) is 7. The molecule has 11 heteroatoms. The molecule has 0 aliphatic heterocycles. The zero-order valence-corrected chi connectivity index (χ0v) is 18.6. The van der Waals surface area contributed by atoms with Gasteiger partial charge in [0.25, 0.3) is 0 Å². The maximum Gasteiger partial charge on any atom is 0.238 e. The van der Waals surface area contributed by atoms with Crippen molar-refractivity contribution in [3.8, 4) is 0 Å². The van der Waals surface area contributed by atoms with Crippen molar-refractivity contribution in [2.45, 2.75) is 44.9 Å². The number of aromatic nitrogens is 2. The number of thiocarbonyl (C=S) groups is 1. The predicted octanol–water partition coefficient (Wildman–Crippen LogP) is 2.03. The molecule has 1 aromatic carbocycles. The predicted molar refractivity (Wildman–Crippen MR) is 121 cm³/mol. The van der Waals surface area contributed by atoms with E-state index < -0.39 is 0 Å². The molecule has 3 amide bonds. The van der Waals surface area contributed by atoms with E-state index in [1.54, 1.807) is 0 Å². The van der Waals surface area contributed by atoms with Gasteiger partial charge in [-0.25, -0.2) is 0 Å². The Morgan fingerprint density at radius 2 is 1.87 bits per heavy atom. The minimum Gasteiger partial charge on any atom is -0.302 e. The molecule has 31 heavy (non-hydrogen) atoms. The Labute approximate surface area is 189 Å². The Hall–Kier alpha value is -2.92. The first kappa shape index (κ1) is 22.8. The monoisotopic (exact) mass is 460 g/mol. The van der Waals surface area contributed by atoms with Gasteiger partial charge in [0.2, 0.25) is 22.9 Å². The number of benzene rings is 1. The molecule has 0 unspecified atom stereocenters. The number of rotatable bonds is 6. The number of nitrogens with one attached hydrogen (secondary N) is 4. The summed E-state index contributed by atoms with van der Waals surface area (Å²) < 4.78 is 0. The van der Waals surface area contributed by atoms with Crippen molar-refractivity contribution < 1.29 is 14.4 Å². The van der Waals surface area contributed by atoms with Crippen molar-refractivity contribution in [3.05, 3.63) is 40.9 Å². The van der Waals surface area contributed by atoms with E-state index in [0.717, 1.165) is 29.8 Å². The van der Waals surface area contributed by atoms with E-state index in [1.807, 2.05) is 30.3 Å². The van der Waals surface area contributed by atoms with Crippen molar-refractivity contribution in [1.29, 1.82) is 0 Å². The Morgan fingerprint density at radius 3 is 2.61 bits per heavy atom. The van der Waals surface area contributed by atoms with Gasteiger partial charge in [-0.1, -0.05) is 41.7 Å². The topological polar surface area (TPSA) is 125 Å². The summed E-state index contributed by atoms with van der Waals surface area (Å²) in [5.41, 5.74) is 6.00. The molecular weight excluding hydrogens is 436 g/mol. The second-order valence-corrected chi connectivity index (χ2v) is 8.84. The zero-order valence-electron chi connectivity index (χ0n) is 17.0. The highest BCUT2D eigenvalue weighted by molar-refractivity contribution is 7.80. The van der Waals surface area contributed by atoms with Gasteiger partial charge in [-0.05, 0) is 43.0 Å². The standard InChI is InChI=1S/C20H24N6O3S2/c1-12(27)21-20-26-24-18(31-20)15-8-7-14(9-15)11-17(29)23-25-19(30)22-16(28)10-13-5-3-2-4-6-13/h2-6,14-15H,7-11H2,1H3,(H,23,29)(H,21,26,27)(H2,22,25,28,30)/t14-,15+/m0/s1. The van der Waals surface area contributed by atoms with Gasteiger partial charge >= 0.3 is 0 Å². The SMILES string of the molecule is CC(=O)Nc1nnc([C@@H]2CC[C@H](CC(=O)NNC(=S)NC(=O)Cc3ccccc3)C2)s1. The summed E-state index contributed by atoms with van der Waals surface area (Å²) >= 11 is 6.44. The van der Waals surface area contributed by atoms with Crippen LogP contribution in [0.1, 0.15) is 49.1 Å². The Morgan fingerprint density at radius 1 is 1.10 bits per heavy atom. The highest BCUT2D eigenvalue weighted by Gasteiger charge is 2.30. The van der Waals surface area contributed by atoms with Gasteiger partial charge in [-0.15, -0.1) is 10.2 Å². The smallest absolute Gasteiger partial charge is 0.238 e. The van der Waals surface area contributed by atoms with E-state index >= 15 is 0 Å². The summed E-state index contributed by atoms with van der Waals surface area (Å²) in [4.78, 5) is 35.3. The zero-order chi connectivity index (χ0) is 22.2. The summed E-state index contributed by atoms with van der Waals surface area (Å²) in [5, 5.41) is 14.8. The molecule has 164 valence electrons. The van der Waals surface area contributed by atoms with Crippen LogP contribution in [0.25, 0.3) is 0 Å². The van der Waals surface area contributed by atoms with Crippen molar-refractivity contribution in [3.63, 3.8) is 0 Å². The normalized spacial score (nSPS) is 17.6. The molecule has 0 radical (unpaired) electrons. The molecule has 1 heterocycles. The lowest BCUT2D eigenvalue weighted by Gasteiger charge is -2.13. The van der Waals surface area contributed by atoms with Crippen LogP contribution in [0, 0.1) is 5.92 Å². The van der Waals surface area contributed by atoms with Crippen LogP contribution in [0.4, 0.5) is 5.13 Å². The Bertz CT molecular complexity index is 949. The fraction of sp³-hybridized carbons (Fsp3) is 0.400. The highest BCUT2D eigenvalue weighted by atomic mass is 32.1. The second kappa shape index (κ2) is 10.9. The summed E-state index contributed by atoms with van der Waals surface area (Å²) in [6.45, 7) is 1.43. The lowest BCUT2D eigenvalue weighted by molar-refractivity contribution is -0.123. The van der Waals surface area contributed by atoms with Gasteiger partial charge in [0, 0.05) is 19.3 Å². The lowest BCUT2D eigenvalue weighted by Crippen LogP contribution is -2.49. The van der Waals surface area contributed by atoms with Crippen LogP contribution in [0.3, 0.4) is 0 Å². The Balaban J connectivity index is 1.36. The third kappa shape index (κ3) is 7.37. The maximum atomic E-state index is 12.2. The molecule has 0 spiro atoms. The van der Waals surface area contributed by atoms with E-state index in [2.05, 4.69) is 31.7 Å². The second-order valence-electron chi connectivity index (χ2n) is 7.42. The van der Waals surface area contributed by atoms with Gasteiger partial charge in [0.1, 0.15) is 5.01 Å². The quantitative estimate of drug-likeness (QED) is 0.384. The minimum atomic E-state index is -0.257. The molecule has 1 aliphatic carbocycles. The Kier molecular flexibility index (Phi) is 8.01. The number of carbonyl (C=O) groups excluding carboxylic acids is 3. The van der Waals surface area contributed by atoms with Gasteiger partial charge in [0.05, 0.1) is 6.42 Å². The first-order valence-electron chi connectivity index (χ1n) is 9.92. The largest absolute Gasteiger partial charge is 0.302 e. The van der Waals surface area contributed by atoms with E-state index in [0.29, 0.717) is 11.6 Å². The molecule has 1 aliphatic rings. The fourth-order valence-corrected chi connectivity index (χ4v) is 4.61. The molecule has 4 N–H and O–H groups in total. The van der Waals surface area contributed by atoms with Crippen LogP contribution < -0.4 is 21.5 Å².